The van der Waals surface area contributed by atoms with Gasteiger partial charge in [0, 0.05) is 9.38 Å². The lowest BCUT2D eigenvalue weighted by molar-refractivity contribution is 1.21. The number of rotatable bonds is 5. The number of halogens is 1. The molecule has 0 radical (unpaired) electrons. The Kier molecular flexibility index (Phi) is 6.53. The zero-order valence-corrected chi connectivity index (χ0v) is 15.7. The Bertz CT molecular complexity index is 667. The molecule has 0 saturated carbocycles. The summed E-state index contributed by atoms with van der Waals surface area (Å²) in [4.78, 5) is 2.67. The van der Waals surface area contributed by atoms with Crippen molar-refractivity contribution in [2.24, 2.45) is 0 Å². The summed E-state index contributed by atoms with van der Waals surface area (Å²) in [5.74, 6) is 0. The second kappa shape index (κ2) is 8.40. The monoisotopic (exact) mass is 372 g/mol. The first kappa shape index (κ1) is 17.1. The van der Waals surface area contributed by atoms with Gasteiger partial charge in [0.15, 0.2) is 0 Å². The topological polar surface area (TPSA) is 0 Å². The van der Waals surface area contributed by atoms with Gasteiger partial charge in [-0.15, -0.1) is 0 Å². The lowest BCUT2D eigenvalue weighted by atomic mass is 10.0. The quantitative estimate of drug-likeness (QED) is 0.493. The maximum atomic E-state index is 3.51. The van der Waals surface area contributed by atoms with Crippen molar-refractivity contribution in [2.45, 2.75) is 27.2 Å². The minimum atomic E-state index is 1.07. The van der Waals surface area contributed by atoms with Crippen molar-refractivity contribution < 1.29 is 0 Å². The maximum absolute atomic E-state index is 3.51. The van der Waals surface area contributed by atoms with Gasteiger partial charge in [-0.1, -0.05) is 83.2 Å². The van der Waals surface area contributed by atoms with Crippen LogP contribution in [0.15, 0.2) is 70.1 Å². The molecular formula is C20H21BrS. The number of hydrogen-bond acceptors (Lipinski definition) is 1. The van der Waals surface area contributed by atoms with Crippen molar-refractivity contribution in [3.05, 3.63) is 81.2 Å². The molecule has 2 aromatic carbocycles. The first-order chi connectivity index (χ1) is 10.6. The molecule has 0 spiro atoms. The second-order valence-electron chi connectivity index (χ2n) is 5.15. The van der Waals surface area contributed by atoms with E-state index in [0.29, 0.717) is 0 Å². The van der Waals surface area contributed by atoms with Crippen LogP contribution in [0.5, 0.6) is 0 Å². The van der Waals surface area contributed by atoms with Crippen LogP contribution in [0, 0.1) is 0 Å². The Morgan fingerprint density at radius 3 is 2.18 bits per heavy atom. The average molecular weight is 373 g/mol. The molecule has 0 aliphatic rings. The molecule has 0 aromatic heterocycles. The molecule has 0 N–H and O–H groups in total. The average Bonchev–Trinajstić information content (AvgIpc) is 2.54. The fourth-order valence-corrected chi connectivity index (χ4v) is 3.62. The molecule has 0 amide bonds. The van der Waals surface area contributed by atoms with Gasteiger partial charge in [0.1, 0.15) is 0 Å². The predicted octanol–water partition coefficient (Wildman–Crippen LogP) is 7.38. The van der Waals surface area contributed by atoms with E-state index in [1.807, 2.05) is 11.8 Å². The zero-order chi connectivity index (χ0) is 15.9. The molecule has 0 bridgehead atoms. The minimum absolute atomic E-state index is 1.07. The Balaban J connectivity index is 2.49. The normalized spacial score (nSPS) is 13.0. The SMILES string of the molecule is CC/C=C(\C)S/C(=C(\C)c1ccc(Br)cc1)c1ccccc1. The van der Waals surface area contributed by atoms with Gasteiger partial charge in [-0.25, -0.2) is 0 Å². The molecule has 22 heavy (non-hydrogen) atoms. The summed E-state index contributed by atoms with van der Waals surface area (Å²) in [6.45, 7) is 6.57. The van der Waals surface area contributed by atoms with Crippen molar-refractivity contribution >= 4 is 38.2 Å². The number of thioether (sulfide) groups is 1. The van der Waals surface area contributed by atoms with Crippen LogP contribution in [0.1, 0.15) is 38.3 Å². The fourth-order valence-electron chi connectivity index (χ4n) is 2.26. The van der Waals surface area contributed by atoms with Crippen molar-refractivity contribution in [2.75, 3.05) is 0 Å². The minimum Gasteiger partial charge on any atom is -0.0943 e. The largest absolute Gasteiger partial charge is 0.0943 e. The highest BCUT2D eigenvalue weighted by Crippen LogP contribution is 2.39. The van der Waals surface area contributed by atoms with E-state index in [1.165, 1.54) is 26.5 Å². The van der Waals surface area contributed by atoms with E-state index < -0.39 is 0 Å². The molecule has 0 fully saturated rings. The summed E-state index contributed by atoms with van der Waals surface area (Å²) in [6.07, 6.45) is 3.35. The van der Waals surface area contributed by atoms with Gasteiger partial charge in [-0.3, -0.25) is 0 Å². The summed E-state index contributed by atoms with van der Waals surface area (Å²) in [5, 5.41) is 0. The Morgan fingerprint density at radius 1 is 0.955 bits per heavy atom. The smallest absolute Gasteiger partial charge is 0.0226 e. The molecule has 0 aliphatic heterocycles. The molecule has 114 valence electrons. The predicted molar refractivity (Wildman–Crippen MR) is 105 cm³/mol. The summed E-state index contributed by atoms with van der Waals surface area (Å²) in [7, 11) is 0. The molecule has 0 nitrogen and oxygen atoms in total. The van der Waals surface area contributed by atoms with E-state index in [1.54, 1.807) is 0 Å². The second-order valence-corrected chi connectivity index (χ2v) is 7.32. The molecule has 0 saturated heterocycles. The Morgan fingerprint density at radius 2 is 1.59 bits per heavy atom. The van der Waals surface area contributed by atoms with Crippen molar-refractivity contribution in [1.29, 1.82) is 0 Å². The van der Waals surface area contributed by atoms with E-state index in [4.69, 9.17) is 0 Å². The number of hydrogen-bond donors (Lipinski definition) is 0. The van der Waals surface area contributed by atoms with Gasteiger partial charge in [0.2, 0.25) is 0 Å². The first-order valence-corrected chi connectivity index (χ1v) is 9.09. The van der Waals surface area contributed by atoms with Gasteiger partial charge in [0.05, 0.1) is 0 Å². The van der Waals surface area contributed by atoms with Crippen molar-refractivity contribution in [3.63, 3.8) is 0 Å². The summed E-state index contributed by atoms with van der Waals surface area (Å²) < 4.78 is 1.11. The van der Waals surface area contributed by atoms with Gasteiger partial charge >= 0.3 is 0 Å². The van der Waals surface area contributed by atoms with E-state index in [0.717, 1.165) is 10.9 Å². The van der Waals surface area contributed by atoms with E-state index in [2.05, 4.69) is 97.4 Å². The third-order valence-corrected chi connectivity index (χ3v) is 5.17. The third-order valence-electron chi connectivity index (χ3n) is 3.41. The van der Waals surface area contributed by atoms with Crippen LogP contribution in [0.2, 0.25) is 0 Å². The van der Waals surface area contributed by atoms with Crippen LogP contribution < -0.4 is 0 Å². The third kappa shape index (κ3) is 4.62. The lowest BCUT2D eigenvalue weighted by Gasteiger charge is -2.13. The first-order valence-electron chi connectivity index (χ1n) is 7.48. The van der Waals surface area contributed by atoms with E-state index in [-0.39, 0.29) is 0 Å². The van der Waals surface area contributed by atoms with Crippen molar-refractivity contribution in [3.8, 4) is 0 Å². The molecule has 0 aliphatic carbocycles. The van der Waals surface area contributed by atoms with E-state index in [9.17, 15) is 0 Å². The Hall–Kier alpha value is -1.25. The number of benzene rings is 2. The summed E-state index contributed by atoms with van der Waals surface area (Å²) in [6, 6.07) is 19.2. The lowest BCUT2D eigenvalue weighted by Crippen LogP contribution is -1.87. The molecule has 2 heteroatoms. The fraction of sp³-hybridized carbons (Fsp3) is 0.200. The highest BCUT2D eigenvalue weighted by molar-refractivity contribution is 9.10. The Labute approximate surface area is 146 Å². The van der Waals surface area contributed by atoms with Crippen LogP contribution in [-0.4, -0.2) is 0 Å². The molecule has 0 unspecified atom stereocenters. The summed E-state index contributed by atoms with van der Waals surface area (Å²) >= 11 is 5.37. The van der Waals surface area contributed by atoms with Crippen LogP contribution in [0.4, 0.5) is 0 Å². The van der Waals surface area contributed by atoms with Crippen LogP contribution in [0.3, 0.4) is 0 Å². The van der Waals surface area contributed by atoms with Gasteiger partial charge in [0.25, 0.3) is 0 Å². The highest BCUT2D eigenvalue weighted by atomic mass is 79.9. The van der Waals surface area contributed by atoms with Crippen LogP contribution >= 0.6 is 27.7 Å². The molecule has 2 rings (SSSR count). The molecule has 0 atom stereocenters. The van der Waals surface area contributed by atoms with Crippen molar-refractivity contribution in [1.82, 2.24) is 0 Å². The van der Waals surface area contributed by atoms with Gasteiger partial charge in [-0.05, 0) is 54.0 Å². The molecular weight excluding hydrogens is 352 g/mol. The van der Waals surface area contributed by atoms with Crippen LogP contribution in [0.25, 0.3) is 10.5 Å². The van der Waals surface area contributed by atoms with E-state index >= 15 is 0 Å². The molecule has 2 aromatic rings. The maximum Gasteiger partial charge on any atom is 0.0226 e. The number of allylic oxidation sites excluding steroid dienone is 3. The summed E-state index contributed by atoms with van der Waals surface area (Å²) in [5.41, 5.74) is 3.85. The molecule has 0 heterocycles. The highest BCUT2D eigenvalue weighted by Gasteiger charge is 2.09. The zero-order valence-electron chi connectivity index (χ0n) is 13.3. The standard InChI is InChI=1S/C20H21BrS/c1-4-8-15(2)22-20(18-9-6-5-7-10-18)16(3)17-11-13-19(21)14-12-17/h5-14H,4H2,1-3H3/b15-8+,20-16+. The van der Waals surface area contributed by atoms with Gasteiger partial charge in [-0.2, -0.15) is 0 Å². The van der Waals surface area contributed by atoms with Gasteiger partial charge < -0.3 is 0 Å². The van der Waals surface area contributed by atoms with Crippen LogP contribution in [-0.2, 0) is 0 Å².